The average Bonchev–Trinajstić information content (AvgIpc) is 3.53. The molecule has 3 aliphatic heterocycles. The standard InChI is InChI=1S/C25H25N5O4/c31-22-6-5-21(24(32)28-22)30-13-15-10-17(3-4-20(15)25(30)33)34-18-7-9-29(14-18)12-16-11-27-23-19(16)2-1-8-26-23/h1-4,8,10-11,18,21H,5-7,9,12-14H2,(H,26,27)(H,28,31,32)/t18-,21?/m1/s1. The first-order valence-electron chi connectivity index (χ1n) is 11.6. The Bertz CT molecular complexity index is 1300. The molecule has 2 fully saturated rings. The minimum absolute atomic E-state index is 0.0738. The summed E-state index contributed by atoms with van der Waals surface area (Å²) in [5.41, 5.74) is 3.59. The molecule has 0 radical (unpaired) electrons. The zero-order valence-electron chi connectivity index (χ0n) is 18.6. The molecule has 0 spiro atoms. The van der Waals surface area contributed by atoms with E-state index in [1.165, 1.54) is 5.56 Å². The Morgan fingerprint density at radius 2 is 2.06 bits per heavy atom. The van der Waals surface area contributed by atoms with E-state index in [9.17, 15) is 14.4 Å². The van der Waals surface area contributed by atoms with Crippen molar-refractivity contribution in [3.05, 3.63) is 59.4 Å². The molecule has 0 aliphatic carbocycles. The number of aromatic amines is 1. The lowest BCUT2D eigenvalue weighted by Crippen LogP contribution is -2.52. The SMILES string of the molecule is O=C1CCC(N2Cc3cc(O[C@@H]4CCN(Cc5c[nH]c6ncccc56)C4)ccc3C2=O)C(=O)N1. The molecule has 0 bridgehead atoms. The number of carbonyl (C=O) groups excluding carboxylic acids is 3. The topological polar surface area (TPSA) is 108 Å². The summed E-state index contributed by atoms with van der Waals surface area (Å²) in [6, 6.07) is 8.96. The molecule has 9 nitrogen and oxygen atoms in total. The van der Waals surface area contributed by atoms with Gasteiger partial charge < -0.3 is 14.6 Å². The van der Waals surface area contributed by atoms with Crippen LogP contribution < -0.4 is 10.1 Å². The van der Waals surface area contributed by atoms with Gasteiger partial charge in [-0.25, -0.2) is 4.98 Å². The highest BCUT2D eigenvalue weighted by Gasteiger charge is 2.39. The molecule has 3 amide bonds. The second-order valence-electron chi connectivity index (χ2n) is 9.20. The highest BCUT2D eigenvalue weighted by atomic mass is 16.5. The molecule has 5 heterocycles. The Morgan fingerprint density at radius 1 is 1.15 bits per heavy atom. The van der Waals surface area contributed by atoms with E-state index in [1.807, 2.05) is 24.4 Å². The molecule has 2 aromatic heterocycles. The fraction of sp³-hybridized carbons (Fsp3) is 0.360. The minimum Gasteiger partial charge on any atom is -0.489 e. The van der Waals surface area contributed by atoms with Crippen molar-refractivity contribution in [2.24, 2.45) is 0 Å². The Balaban J connectivity index is 1.10. The summed E-state index contributed by atoms with van der Waals surface area (Å²) < 4.78 is 6.27. The van der Waals surface area contributed by atoms with Crippen LogP contribution in [0.2, 0.25) is 0 Å². The van der Waals surface area contributed by atoms with Crippen LogP contribution in [0.5, 0.6) is 5.75 Å². The van der Waals surface area contributed by atoms with E-state index in [0.717, 1.165) is 48.4 Å². The molecule has 3 aromatic rings. The van der Waals surface area contributed by atoms with Gasteiger partial charge in [0.2, 0.25) is 11.8 Å². The average molecular weight is 460 g/mol. The summed E-state index contributed by atoms with van der Waals surface area (Å²) in [5.74, 6) is -0.116. The lowest BCUT2D eigenvalue weighted by Gasteiger charge is -2.29. The van der Waals surface area contributed by atoms with Gasteiger partial charge in [0, 0.05) is 55.9 Å². The lowest BCUT2D eigenvalue weighted by atomic mass is 10.0. The molecule has 0 saturated carbocycles. The number of pyridine rings is 1. The summed E-state index contributed by atoms with van der Waals surface area (Å²) in [7, 11) is 0. The van der Waals surface area contributed by atoms with Crippen LogP contribution in [0.3, 0.4) is 0 Å². The van der Waals surface area contributed by atoms with Crippen LogP contribution in [0.1, 0.15) is 40.7 Å². The molecule has 34 heavy (non-hydrogen) atoms. The maximum Gasteiger partial charge on any atom is 0.255 e. The number of nitrogens with zero attached hydrogens (tertiary/aromatic N) is 3. The van der Waals surface area contributed by atoms with E-state index < -0.39 is 11.9 Å². The van der Waals surface area contributed by atoms with Gasteiger partial charge >= 0.3 is 0 Å². The van der Waals surface area contributed by atoms with E-state index >= 15 is 0 Å². The normalized spacial score (nSPS) is 22.9. The van der Waals surface area contributed by atoms with Crippen LogP contribution in [-0.4, -0.2) is 62.7 Å². The minimum atomic E-state index is -0.606. The highest BCUT2D eigenvalue weighted by molar-refractivity contribution is 6.05. The van der Waals surface area contributed by atoms with Gasteiger partial charge in [-0.2, -0.15) is 0 Å². The Hall–Kier alpha value is -3.72. The molecule has 2 atom stereocenters. The number of benzene rings is 1. The number of H-pyrrole nitrogens is 1. The van der Waals surface area contributed by atoms with E-state index in [-0.39, 0.29) is 24.3 Å². The number of piperidine rings is 1. The van der Waals surface area contributed by atoms with Crippen molar-refractivity contribution in [2.75, 3.05) is 13.1 Å². The molecule has 1 unspecified atom stereocenters. The van der Waals surface area contributed by atoms with Crippen molar-refractivity contribution >= 4 is 28.8 Å². The van der Waals surface area contributed by atoms with Gasteiger partial charge in [-0.1, -0.05) is 0 Å². The van der Waals surface area contributed by atoms with Gasteiger partial charge in [-0.15, -0.1) is 0 Å². The summed E-state index contributed by atoms with van der Waals surface area (Å²) in [5, 5.41) is 3.48. The van der Waals surface area contributed by atoms with Gasteiger partial charge in [-0.3, -0.25) is 24.6 Å². The molecular formula is C25H25N5O4. The van der Waals surface area contributed by atoms with Crippen molar-refractivity contribution in [1.82, 2.24) is 25.1 Å². The number of fused-ring (bicyclic) bond motifs is 2. The van der Waals surface area contributed by atoms with Gasteiger partial charge in [0.05, 0.1) is 0 Å². The third-order valence-corrected chi connectivity index (χ3v) is 6.96. The van der Waals surface area contributed by atoms with E-state index in [4.69, 9.17) is 4.74 Å². The Morgan fingerprint density at radius 3 is 2.94 bits per heavy atom. The second kappa shape index (κ2) is 8.25. The van der Waals surface area contributed by atoms with Crippen molar-refractivity contribution < 1.29 is 19.1 Å². The maximum absolute atomic E-state index is 12.9. The quantitative estimate of drug-likeness (QED) is 0.565. The van der Waals surface area contributed by atoms with Crippen LogP contribution in [0.4, 0.5) is 0 Å². The first-order chi connectivity index (χ1) is 16.5. The molecular weight excluding hydrogens is 434 g/mol. The molecule has 2 N–H and O–H groups in total. The van der Waals surface area contributed by atoms with E-state index in [0.29, 0.717) is 18.5 Å². The zero-order chi connectivity index (χ0) is 23.2. The van der Waals surface area contributed by atoms with Gasteiger partial charge in [0.15, 0.2) is 0 Å². The molecule has 1 aromatic carbocycles. The third kappa shape index (κ3) is 3.71. The van der Waals surface area contributed by atoms with Crippen molar-refractivity contribution in [1.29, 1.82) is 0 Å². The van der Waals surface area contributed by atoms with Crippen LogP contribution in [0.15, 0.2) is 42.7 Å². The molecule has 3 aliphatic rings. The predicted molar refractivity (Wildman–Crippen MR) is 123 cm³/mol. The Kier molecular flexibility index (Phi) is 5.06. The number of ether oxygens (including phenoxy) is 1. The van der Waals surface area contributed by atoms with Gasteiger partial charge in [-0.05, 0) is 54.3 Å². The largest absolute Gasteiger partial charge is 0.489 e. The van der Waals surface area contributed by atoms with Crippen molar-refractivity contribution in [2.45, 2.75) is 44.5 Å². The third-order valence-electron chi connectivity index (χ3n) is 6.96. The molecule has 2 saturated heterocycles. The summed E-state index contributed by atoms with van der Waals surface area (Å²) in [6.07, 6.45) is 5.42. The number of likely N-dealkylation sites (tertiary alicyclic amines) is 1. The number of hydrogen-bond acceptors (Lipinski definition) is 6. The lowest BCUT2D eigenvalue weighted by molar-refractivity contribution is -0.136. The summed E-state index contributed by atoms with van der Waals surface area (Å²) in [4.78, 5) is 48.1. The van der Waals surface area contributed by atoms with Crippen LogP contribution >= 0.6 is 0 Å². The number of imide groups is 1. The molecule has 9 heteroatoms. The number of hydrogen-bond donors (Lipinski definition) is 2. The number of rotatable bonds is 5. The number of amides is 3. The van der Waals surface area contributed by atoms with Crippen LogP contribution in [0, 0.1) is 0 Å². The molecule has 174 valence electrons. The fourth-order valence-corrected chi connectivity index (χ4v) is 5.24. The summed E-state index contributed by atoms with van der Waals surface area (Å²) >= 11 is 0. The zero-order valence-corrected chi connectivity index (χ0v) is 18.6. The van der Waals surface area contributed by atoms with Crippen molar-refractivity contribution in [3.8, 4) is 5.75 Å². The summed E-state index contributed by atoms with van der Waals surface area (Å²) in [6.45, 7) is 2.96. The van der Waals surface area contributed by atoms with Crippen LogP contribution in [0.25, 0.3) is 11.0 Å². The highest BCUT2D eigenvalue weighted by Crippen LogP contribution is 2.31. The van der Waals surface area contributed by atoms with Crippen LogP contribution in [-0.2, 0) is 22.7 Å². The van der Waals surface area contributed by atoms with Gasteiger partial charge in [0.25, 0.3) is 5.91 Å². The predicted octanol–water partition coefficient (Wildman–Crippen LogP) is 1.98. The molecule has 6 rings (SSSR count). The number of carbonyl (C=O) groups is 3. The van der Waals surface area contributed by atoms with E-state index in [2.05, 4.69) is 26.3 Å². The monoisotopic (exact) mass is 459 g/mol. The smallest absolute Gasteiger partial charge is 0.255 e. The van der Waals surface area contributed by atoms with Gasteiger partial charge in [0.1, 0.15) is 23.5 Å². The van der Waals surface area contributed by atoms with E-state index in [1.54, 1.807) is 17.2 Å². The fourth-order valence-electron chi connectivity index (χ4n) is 5.24. The second-order valence-corrected chi connectivity index (χ2v) is 9.20. The number of nitrogens with one attached hydrogen (secondary N) is 2. The van der Waals surface area contributed by atoms with Crippen molar-refractivity contribution in [3.63, 3.8) is 0 Å². The first kappa shape index (κ1) is 20.9. The maximum atomic E-state index is 12.9. The number of aromatic nitrogens is 2. The first-order valence-corrected chi connectivity index (χ1v) is 11.6. The Labute approximate surface area is 196 Å².